The first-order chi connectivity index (χ1) is 5.74. The lowest BCUT2D eigenvalue weighted by Crippen LogP contribution is -2.31. The molecule has 1 heterocycles. The first-order valence-electron chi connectivity index (χ1n) is 4.67. The van der Waals surface area contributed by atoms with Crippen LogP contribution in [0.5, 0.6) is 0 Å². The van der Waals surface area contributed by atoms with Gasteiger partial charge in [0.25, 0.3) is 0 Å². The van der Waals surface area contributed by atoms with Crippen molar-refractivity contribution in [3.05, 3.63) is 11.1 Å². The average Bonchev–Trinajstić information content (AvgIpc) is 2.07. The Labute approximate surface area is 74.3 Å². The van der Waals surface area contributed by atoms with E-state index in [1.165, 1.54) is 11.1 Å². The monoisotopic (exact) mass is 171 g/mol. The Balaban J connectivity index is 2.33. The molecule has 0 N–H and O–H groups in total. The molecule has 0 unspecified atom stereocenters. The van der Waals surface area contributed by atoms with Crippen LogP contribution in [0.15, 0.2) is 11.1 Å². The summed E-state index contributed by atoms with van der Waals surface area (Å²) in [4.78, 5) is 2.34. The second kappa shape index (κ2) is 4.61. The van der Waals surface area contributed by atoms with Crippen LogP contribution in [0.1, 0.15) is 26.7 Å². The van der Waals surface area contributed by atoms with Crippen LogP contribution in [0.2, 0.25) is 0 Å². The van der Waals surface area contributed by atoms with E-state index in [1.807, 2.05) is 0 Å². The fourth-order valence-electron chi connectivity index (χ4n) is 1.56. The predicted octanol–water partition coefficient (Wildman–Crippen LogP) is 2.39. The van der Waals surface area contributed by atoms with Crippen LogP contribution in [0.25, 0.3) is 0 Å². The van der Waals surface area contributed by atoms with Crippen LogP contribution in [0.4, 0.5) is 4.39 Å². The Hall–Kier alpha value is -0.370. The molecule has 0 fully saturated rings. The van der Waals surface area contributed by atoms with E-state index in [1.54, 1.807) is 0 Å². The third-order valence-electron chi connectivity index (χ3n) is 2.60. The maximum Gasteiger partial charge on any atom is 0.0906 e. The molecule has 0 saturated carbocycles. The van der Waals surface area contributed by atoms with Crippen LogP contribution in [-0.4, -0.2) is 31.2 Å². The lowest BCUT2D eigenvalue weighted by molar-refractivity contribution is 0.269. The fourth-order valence-corrected chi connectivity index (χ4v) is 1.56. The summed E-state index contributed by atoms with van der Waals surface area (Å²) in [5.74, 6) is 0. The minimum Gasteiger partial charge on any atom is -0.299 e. The van der Waals surface area contributed by atoms with E-state index in [4.69, 9.17) is 0 Å². The van der Waals surface area contributed by atoms with Crippen molar-refractivity contribution in [2.45, 2.75) is 26.7 Å². The molecule has 1 aliphatic heterocycles. The Kier molecular flexibility index (Phi) is 3.73. The number of hydrogen-bond acceptors (Lipinski definition) is 1. The zero-order chi connectivity index (χ0) is 8.97. The molecule has 0 aliphatic carbocycles. The van der Waals surface area contributed by atoms with Gasteiger partial charge in [0.15, 0.2) is 0 Å². The summed E-state index contributed by atoms with van der Waals surface area (Å²) in [6.07, 6.45) is 1.85. The lowest BCUT2D eigenvalue weighted by Gasteiger charge is -2.28. The topological polar surface area (TPSA) is 3.24 Å². The molecule has 0 atom stereocenters. The van der Waals surface area contributed by atoms with Crippen molar-refractivity contribution in [2.75, 3.05) is 26.3 Å². The Morgan fingerprint density at radius 1 is 1.33 bits per heavy atom. The highest BCUT2D eigenvalue weighted by Crippen LogP contribution is 2.16. The van der Waals surface area contributed by atoms with E-state index in [9.17, 15) is 4.39 Å². The fraction of sp³-hybridized carbons (Fsp3) is 0.800. The van der Waals surface area contributed by atoms with Crippen molar-refractivity contribution in [1.82, 2.24) is 4.90 Å². The number of rotatable bonds is 3. The highest BCUT2D eigenvalue weighted by atomic mass is 19.1. The molecule has 2 heteroatoms. The first-order valence-corrected chi connectivity index (χ1v) is 4.67. The highest BCUT2D eigenvalue weighted by molar-refractivity contribution is 5.14. The molecule has 1 aliphatic rings. The van der Waals surface area contributed by atoms with Gasteiger partial charge in [0.2, 0.25) is 0 Å². The van der Waals surface area contributed by atoms with Gasteiger partial charge < -0.3 is 0 Å². The zero-order valence-corrected chi connectivity index (χ0v) is 8.07. The minimum absolute atomic E-state index is 0.182. The summed E-state index contributed by atoms with van der Waals surface area (Å²) in [7, 11) is 0. The molecule has 70 valence electrons. The van der Waals surface area contributed by atoms with Gasteiger partial charge in [-0.3, -0.25) is 9.29 Å². The average molecular weight is 171 g/mol. The quantitative estimate of drug-likeness (QED) is 0.589. The molecule has 0 aromatic carbocycles. The van der Waals surface area contributed by atoms with E-state index in [0.717, 1.165) is 26.1 Å². The number of halogens is 1. The van der Waals surface area contributed by atoms with Gasteiger partial charge in [-0.15, -0.1) is 0 Å². The van der Waals surface area contributed by atoms with Crippen molar-refractivity contribution in [2.24, 2.45) is 0 Å². The second-order valence-corrected chi connectivity index (χ2v) is 3.63. The molecule has 0 saturated heterocycles. The summed E-state index contributed by atoms with van der Waals surface area (Å²) in [6.45, 7) is 7.27. The summed E-state index contributed by atoms with van der Waals surface area (Å²) in [5.41, 5.74) is 2.99. The molecule has 0 aromatic rings. The maximum atomic E-state index is 11.9. The summed E-state index contributed by atoms with van der Waals surface area (Å²) >= 11 is 0. The summed E-state index contributed by atoms with van der Waals surface area (Å²) in [5, 5.41) is 0. The van der Waals surface area contributed by atoms with E-state index in [0.29, 0.717) is 6.42 Å². The van der Waals surface area contributed by atoms with Crippen molar-refractivity contribution < 1.29 is 4.39 Å². The standard InChI is InChI=1S/C10H18FN/c1-9-4-7-12(6-3-5-11)8-10(9)2/h3-8H2,1-2H3. The van der Waals surface area contributed by atoms with Gasteiger partial charge >= 0.3 is 0 Å². The van der Waals surface area contributed by atoms with Crippen molar-refractivity contribution >= 4 is 0 Å². The van der Waals surface area contributed by atoms with Gasteiger partial charge in [0.05, 0.1) is 6.67 Å². The van der Waals surface area contributed by atoms with Crippen LogP contribution in [-0.2, 0) is 0 Å². The van der Waals surface area contributed by atoms with Gasteiger partial charge in [0.1, 0.15) is 0 Å². The minimum atomic E-state index is -0.182. The van der Waals surface area contributed by atoms with Gasteiger partial charge in [-0.25, -0.2) is 0 Å². The maximum absolute atomic E-state index is 11.9. The molecule has 0 radical (unpaired) electrons. The largest absolute Gasteiger partial charge is 0.299 e. The highest BCUT2D eigenvalue weighted by Gasteiger charge is 2.12. The van der Waals surface area contributed by atoms with Crippen LogP contribution < -0.4 is 0 Å². The van der Waals surface area contributed by atoms with Gasteiger partial charge in [-0.2, -0.15) is 0 Å². The summed E-state index contributed by atoms with van der Waals surface area (Å²) in [6, 6.07) is 0. The molecule has 12 heavy (non-hydrogen) atoms. The molecule has 1 rings (SSSR count). The molecule has 0 aromatic heterocycles. The summed E-state index contributed by atoms with van der Waals surface area (Å²) < 4.78 is 11.9. The first kappa shape index (κ1) is 9.72. The van der Waals surface area contributed by atoms with E-state index in [2.05, 4.69) is 18.7 Å². The van der Waals surface area contributed by atoms with E-state index < -0.39 is 0 Å². The molecule has 1 nitrogen and oxygen atoms in total. The number of hydrogen-bond donors (Lipinski definition) is 0. The van der Waals surface area contributed by atoms with Crippen LogP contribution >= 0.6 is 0 Å². The second-order valence-electron chi connectivity index (χ2n) is 3.63. The smallest absolute Gasteiger partial charge is 0.0906 e. The lowest BCUT2D eigenvalue weighted by atomic mass is 10.0. The Bertz CT molecular complexity index is 175. The predicted molar refractivity (Wildman–Crippen MR) is 50.0 cm³/mol. The molecular formula is C10H18FN. The Morgan fingerprint density at radius 2 is 2.08 bits per heavy atom. The molecule has 0 amide bonds. The zero-order valence-electron chi connectivity index (χ0n) is 8.07. The number of alkyl halides is 1. The molecule has 0 spiro atoms. The van der Waals surface area contributed by atoms with Crippen molar-refractivity contribution in [3.63, 3.8) is 0 Å². The van der Waals surface area contributed by atoms with E-state index in [-0.39, 0.29) is 6.67 Å². The third-order valence-corrected chi connectivity index (χ3v) is 2.60. The number of nitrogens with zero attached hydrogens (tertiary/aromatic N) is 1. The van der Waals surface area contributed by atoms with Gasteiger partial charge in [0, 0.05) is 19.6 Å². The molecule has 0 bridgehead atoms. The van der Waals surface area contributed by atoms with Gasteiger partial charge in [-0.1, -0.05) is 11.1 Å². The normalized spacial score (nSPS) is 20.2. The van der Waals surface area contributed by atoms with Crippen LogP contribution in [0.3, 0.4) is 0 Å². The van der Waals surface area contributed by atoms with E-state index >= 15 is 0 Å². The van der Waals surface area contributed by atoms with Gasteiger partial charge in [-0.05, 0) is 26.7 Å². The van der Waals surface area contributed by atoms with Crippen molar-refractivity contribution in [3.8, 4) is 0 Å². The molecular weight excluding hydrogens is 153 g/mol. The van der Waals surface area contributed by atoms with Crippen LogP contribution in [0, 0.1) is 0 Å². The van der Waals surface area contributed by atoms with Crippen molar-refractivity contribution in [1.29, 1.82) is 0 Å². The Morgan fingerprint density at radius 3 is 2.67 bits per heavy atom. The third kappa shape index (κ3) is 2.59. The SMILES string of the molecule is CC1=C(C)CN(CCCF)CC1.